The maximum Gasteiger partial charge on any atom is 0.222 e. The summed E-state index contributed by atoms with van der Waals surface area (Å²) in [6.07, 6.45) is 2.11. The van der Waals surface area contributed by atoms with Gasteiger partial charge in [0, 0.05) is 44.3 Å². The molecule has 2 fully saturated rings. The van der Waals surface area contributed by atoms with Crippen LogP contribution in [0.2, 0.25) is 0 Å². The molecule has 3 atom stereocenters. The standard InChI is InChI=1S/C16H28N6O/c1-10-13(11(2)21-20-10)4-6-22(3)15-8-14(18-16(17)19-15)12-5-7-23-9-12/h8,10-13,20-21H,4-7,9H2,1-3H3,(H2,17,18,19). The fraction of sp³-hybridized carbons (Fsp3) is 0.750. The van der Waals surface area contributed by atoms with Crippen molar-refractivity contribution in [1.29, 1.82) is 0 Å². The molecule has 0 aliphatic carbocycles. The fourth-order valence-electron chi connectivity index (χ4n) is 3.51. The highest BCUT2D eigenvalue weighted by Crippen LogP contribution is 2.27. The Bertz CT molecular complexity index is 523. The lowest BCUT2D eigenvalue weighted by molar-refractivity contribution is 0.193. The van der Waals surface area contributed by atoms with Crippen molar-refractivity contribution >= 4 is 11.8 Å². The zero-order chi connectivity index (χ0) is 16.4. The first-order valence-corrected chi connectivity index (χ1v) is 8.49. The van der Waals surface area contributed by atoms with Crippen molar-refractivity contribution in [2.45, 2.75) is 44.7 Å². The van der Waals surface area contributed by atoms with E-state index < -0.39 is 0 Å². The largest absolute Gasteiger partial charge is 0.381 e. The van der Waals surface area contributed by atoms with Crippen LogP contribution in [-0.4, -0.2) is 48.9 Å². The van der Waals surface area contributed by atoms with Gasteiger partial charge in [0.15, 0.2) is 0 Å². The molecule has 3 heterocycles. The molecule has 128 valence electrons. The SMILES string of the molecule is CC1NNC(C)C1CCN(C)c1cc(C2CCOC2)nc(N)n1. The van der Waals surface area contributed by atoms with Crippen LogP contribution >= 0.6 is 0 Å². The predicted molar refractivity (Wildman–Crippen MR) is 91.2 cm³/mol. The van der Waals surface area contributed by atoms with Gasteiger partial charge in [-0.15, -0.1) is 0 Å². The molecule has 0 bridgehead atoms. The monoisotopic (exact) mass is 320 g/mol. The number of rotatable bonds is 5. The van der Waals surface area contributed by atoms with Crippen molar-refractivity contribution in [2.75, 3.05) is 37.4 Å². The molecule has 7 heteroatoms. The molecule has 4 N–H and O–H groups in total. The Labute approximate surface area is 138 Å². The molecule has 0 amide bonds. The lowest BCUT2D eigenvalue weighted by Crippen LogP contribution is -2.30. The summed E-state index contributed by atoms with van der Waals surface area (Å²) < 4.78 is 5.46. The maximum absolute atomic E-state index is 5.92. The number of hydrogen-bond acceptors (Lipinski definition) is 7. The Morgan fingerprint density at radius 1 is 1.30 bits per heavy atom. The second-order valence-corrected chi connectivity index (χ2v) is 6.81. The van der Waals surface area contributed by atoms with Gasteiger partial charge in [-0.05, 0) is 32.6 Å². The normalized spacial score (nSPS) is 30.7. The Balaban J connectivity index is 1.65. The third-order valence-corrected chi connectivity index (χ3v) is 5.11. The lowest BCUT2D eigenvalue weighted by atomic mass is 9.93. The number of ether oxygens (including phenoxy) is 1. The summed E-state index contributed by atoms with van der Waals surface area (Å²) in [6.45, 7) is 6.93. The highest BCUT2D eigenvalue weighted by molar-refractivity contribution is 5.43. The molecule has 1 aromatic heterocycles. The highest BCUT2D eigenvalue weighted by Gasteiger charge is 2.29. The van der Waals surface area contributed by atoms with Gasteiger partial charge in [0.05, 0.1) is 12.3 Å². The van der Waals surface area contributed by atoms with Crippen LogP contribution in [0.1, 0.15) is 38.3 Å². The minimum absolute atomic E-state index is 0.343. The molecule has 1 aromatic rings. The van der Waals surface area contributed by atoms with Gasteiger partial charge in [0.1, 0.15) is 5.82 Å². The van der Waals surface area contributed by atoms with Crippen molar-refractivity contribution in [2.24, 2.45) is 5.92 Å². The molecule has 0 radical (unpaired) electrons. The van der Waals surface area contributed by atoms with E-state index >= 15 is 0 Å². The first-order valence-electron chi connectivity index (χ1n) is 8.49. The molecular formula is C16H28N6O. The van der Waals surface area contributed by atoms with E-state index in [0.717, 1.165) is 44.1 Å². The Morgan fingerprint density at radius 2 is 2.04 bits per heavy atom. The summed E-state index contributed by atoms with van der Waals surface area (Å²) in [7, 11) is 2.07. The Hall–Kier alpha value is -1.44. The first kappa shape index (κ1) is 16.4. The number of nitrogens with zero attached hydrogens (tertiary/aromatic N) is 3. The average Bonchev–Trinajstić information content (AvgIpc) is 3.16. The van der Waals surface area contributed by atoms with Gasteiger partial charge in [0.2, 0.25) is 5.95 Å². The van der Waals surface area contributed by atoms with Gasteiger partial charge in [-0.2, -0.15) is 4.98 Å². The zero-order valence-corrected chi connectivity index (χ0v) is 14.2. The van der Waals surface area contributed by atoms with Crippen LogP contribution in [0.4, 0.5) is 11.8 Å². The van der Waals surface area contributed by atoms with E-state index in [1.54, 1.807) is 0 Å². The third kappa shape index (κ3) is 3.73. The van der Waals surface area contributed by atoms with E-state index in [4.69, 9.17) is 10.5 Å². The fourth-order valence-corrected chi connectivity index (χ4v) is 3.51. The Morgan fingerprint density at radius 3 is 2.70 bits per heavy atom. The summed E-state index contributed by atoms with van der Waals surface area (Å²) in [5.74, 6) is 2.20. The number of anilines is 2. The van der Waals surface area contributed by atoms with Crippen molar-refractivity contribution < 1.29 is 4.74 Å². The number of nitrogens with one attached hydrogen (secondary N) is 2. The third-order valence-electron chi connectivity index (χ3n) is 5.11. The van der Waals surface area contributed by atoms with Crippen molar-refractivity contribution in [3.63, 3.8) is 0 Å². The first-order chi connectivity index (χ1) is 11.0. The molecule has 2 aliphatic heterocycles. The molecule has 0 saturated carbocycles. The van der Waals surface area contributed by atoms with Crippen molar-refractivity contribution in [3.8, 4) is 0 Å². The van der Waals surface area contributed by atoms with Crippen molar-refractivity contribution in [1.82, 2.24) is 20.8 Å². The molecule has 7 nitrogen and oxygen atoms in total. The molecule has 3 unspecified atom stereocenters. The summed E-state index contributed by atoms with van der Waals surface area (Å²) >= 11 is 0. The van der Waals surface area contributed by atoms with Crippen LogP contribution in [0.15, 0.2) is 6.07 Å². The molecule has 0 spiro atoms. The van der Waals surface area contributed by atoms with Gasteiger partial charge in [-0.3, -0.25) is 10.9 Å². The van der Waals surface area contributed by atoms with Crippen LogP contribution in [0.3, 0.4) is 0 Å². The molecule has 3 rings (SSSR count). The van der Waals surface area contributed by atoms with Crippen LogP contribution < -0.4 is 21.5 Å². The zero-order valence-electron chi connectivity index (χ0n) is 14.2. The molecule has 2 saturated heterocycles. The Kier molecular flexibility index (Phi) is 4.99. The summed E-state index contributed by atoms with van der Waals surface area (Å²) in [6, 6.07) is 3.04. The van der Waals surface area contributed by atoms with Gasteiger partial charge < -0.3 is 15.4 Å². The highest BCUT2D eigenvalue weighted by atomic mass is 16.5. The van der Waals surface area contributed by atoms with Gasteiger partial charge in [0.25, 0.3) is 0 Å². The summed E-state index contributed by atoms with van der Waals surface area (Å²) in [5, 5.41) is 0. The second-order valence-electron chi connectivity index (χ2n) is 6.81. The predicted octanol–water partition coefficient (Wildman–Crippen LogP) is 0.890. The number of aromatic nitrogens is 2. The van der Waals surface area contributed by atoms with Crippen LogP contribution in [-0.2, 0) is 4.74 Å². The number of nitrogens with two attached hydrogens (primary N) is 1. The van der Waals surface area contributed by atoms with E-state index in [2.05, 4.69) is 52.7 Å². The minimum atomic E-state index is 0.343. The molecule has 2 aliphatic rings. The second kappa shape index (κ2) is 6.98. The molecule has 23 heavy (non-hydrogen) atoms. The van der Waals surface area contributed by atoms with Crippen LogP contribution in [0.25, 0.3) is 0 Å². The van der Waals surface area contributed by atoms with Crippen LogP contribution in [0, 0.1) is 5.92 Å². The van der Waals surface area contributed by atoms with E-state index in [9.17, 15) is 0 Å². The van der Waals surface area contributed by atoms with Crippen LogP contribution in [0.5, 0.6) is 0 Å². The van der Waals surface area contributed by atoms with Crippen molar-refractivity contribution in [3.05, 3.63) is 11.8 Å². The van der Waals surface area contributed by atoms with E-state index in [-0.39, 0.29) is 0 Å². The molecular weight excluding hydrogens is 292 g/mol. The van der Waals surface area contributed by atoms with E-state index in [0.29, 0.717) is 29.9 Å². The maximum atomic E-state index is 5.92. The van der Waals surface area contributed by atoms with E-state index in [1.165, 1.54) is 0 Å². The topological polar surface area (TPSA) is 88.3 Å². The number of hydrogen-bond donors (Lipinski definition) is 3. The smallest absolute Gasteiger partial charge is 0.222 e. The molecule has 0 aromatic carbocycles. The lowest BCUT2D eigenvalue weighted by Gasteiger charge is -2.24. The quantitative estimate of drug-likeness (QED) is 0.742. The summed E-state index contributed by atoms with van der Waals surface area (Å²) in [5.41, 5.74) is 13.5. The van der Waals surface area contributed by atoms with Gasteiger partial charge >= 0.3 is 0 Å². The van der Waals surface area contributed by atoms with E-state index in [1.807, 2.05) is 0 Å². The number of nitrogen functional groups attached to an aromatic ring is 1. The summed E-state index contributed by atoms with van der Waals surface area (Å²) in [4.78, 5) is 11.0. The van der Waals surface area contributed by atoms with Gasteiger partial charge in [-0.1, -0.05) is 0 Å². The van der Waals surface area contributed by atoms with Gasteiger partial charge in [-0.25, -0.2) is 4.98 Å². The minimum Gasteiger partial charge on any atom is -0.381 e. The average molecular weight is 320 g/mol. The number of hydrazine groups is 1.